The molecule has 2 heterocycles. The smallest absolute Gasteiger partial charge is 0.275 e. The number of nitrogens with one attached hydrogen (secondary N) is 1. The molecule has 5 heteroatoms. The summed E-state index contributed by atoms with van der Waals surface area (Å²) in [5.41, 5.74) is 3.54. The second kappa shape index (κ2) is 7.80. The zero-order valence-electron chi connectivity index (χ0n) is 19.1. The summed E-state index contributed by atoms with van der Waals surface area (Å²) in [6, 6.07) is 16.3. The van der Waals surface area contributed by atoms with Crippen molar-refractivity contribution in [3.05, 3.63) is 65.4 Å². The Morgan fingerprint density at radius 2 is 1.69 bits per heavy atom. The van der Waals surface area contributed by atoms with Crippen molar-refractivity contribution in [1.29, 1.82) is 0 Å². The van der Waals surface area contributed by atoms with Crippen LogP contribution in [-0.4, -0.2) is 28.0 Å². The third kappa shape index (κ3) is 3.40. The van der Waals surface area contributed by atoms with Gasteiger partial charge in [-0.05, 0) is 69.0 Å². The average Bonchev–Trinajstić information content (AvgIpc) is 3.12. The molecule has 1 aliphatic heterocycles. The number of para-hydroxylation sites is 1. The molecular weight excluding hydrogens is 398 g/mol. The second-order valence-electron chi connectivity index (χ2n) is 9.74. The van der Waals surface area contributed by atoms with E-state index in [9.17, 15) is 9.59 Å². The normalized spacial score (nSPS) is 21.6. The first-order valence-corrected chi connectivity index (χ1v) is 11.7. The van der Waals surface area contributed by atoms with Gasteiger partial charge in [-0.3, -0.25) is 14.5 Å². The number of anilines is 1. The van der Waals surface area contributed by atoms with Crippen LogP contribution in [0.2, 0.25) is 0 Å². The van der Waals surface area contributed by atoms with Crippen LogP contribution in [0.25, 0.3) is 10.9 Å². The lowest BCUT2D eigenvalue weighted by atomic mass is 9.90. The molecule has 0 saturated heterocycles. The Morgan fingerprint density at radius 3 is 2.41 bits per heavy atom. The number of amides is 2. The van der Waals surface area contributed by atoms with Crippen LogP contribution in [0, 0.1) is 13.8 Å². The van der Waals surface area contributed by atoms with E-state index in [-0.39, 0.29) is 17.9 Å². The highest BCUT2D eigenvalue weighted by atomic mass is 16.2. The molecule has 5 nitrogen and oxygen atoms in total. The van der Waals surface area contributed by atoms with Gasteiger partial charge in [0.15, 0.2) is 0 Å². The number of hydrogen-bond acceptors (Lipinski definition) is 2. The van der Waals surface area contributed by atoms with Crippen molar-refractivity contribution >= 4 is 28.4 Å². The van der Waals surface area contributed by atoms with Gasteiger partial charge in [0, 0.05) is 22.6 Å². The first-order valence-electron chi connectivity index (χ1n) is 11.7. The van der Waals surface area contributed by atoms with Gasteiger partial charge in [-0.2, -0.15) is 0 Å². The van der Waals surface area contributed by atoms with Crippen LogP contribution in [0.15, 0.2) is 48.5 Å². The molecule has 32 heavy (non-hydrogen) atoms. The maximum Gasteiger partial charge on any atom is 0.275 e. The Kier molecular flexibility index (Phi) is 5.07. The van der Waals surface area contributed by atoms with Gasteiger partial charge in [-0.15, -0.1) is 0 Å². The average molecular weight is 430 g/mol. The molecule has 2 amide bonds. The van der Waals surface area contributed by atoms with E-state index in [1.807, 2.05) is 67.8 Å². The van der Waals surface area contributed by atoms with Crippen molar-refractivity contribution in [2.24, 2.45) is 0 Å². The Morgan fingerprint density at radius 1 is 1.00 bits per heavy atom. The molecule has 2 aromatic carbocycles. The fourth-order valence-electron chi connectivity index (χ4n) is 5.52. The summed E-state index contributed by atoms with van der Waals surface area (Å²) in [6.45, 7) is 6.40. The topological polar surface area (TPSA) is 54.3 Å². The third-order valence-electron chi connectivity index (χ3n) is 7.09. The zero-order chi connectivity index (χ0) is 22.5. The molecule has 5 rings (SSSR count). The van der Waals surface area contributed by atoms with Gasteiger partial charge in [0.05, 0.1) is 6.54 Å². The van der Waals surface area contributed by atoms with Crippen LogP contribution in [0.3, 0.4) is 0 Å². The Hall–Kier alpha value is -3.08. The molecule has 0 spiro atoms. The molecule has 1 atom stereocenters. The van der Waals surface area contributed by atoms with Gasteiger partial charge in [-0.25, -0.2) is 0 Å². The lowest BCUT2D eigenvalue weighted by Crippen LogP contribution is -2.65. The molecule has 1 saturated carbocycles. The summed E-state index contributed by atoms with van der Waals surface area (Å²) >= 11 is 0. The highest BCUT2D eigenvalue weighted by Crippen LogP contribution is 2.37. The van der Waals surface area contributed by atoms with Crippen molar-refractivity contribution in [1.82, 2.24) is 9.88 Å². The number of aryl methyl sites for hydroxylation is 2. The van der Waals surface area contributed by atoms with E-state index >= 15 is 0 Å². The fourth-order valence-corrected chi connectivity index (χ4v) is 5.52. The molecule has 1 fully saturated rings. The minimum atomic E-state index is -1.02. The molecule has 2 aliphatic rings. The van der Waals surface area contributed by atoms with E-state index < -0.39 is 5.54 Å². The van der Waals surface area contributed by atoms with Gasteiger partial charge < -0.3 is 9.88 Å². The number of hydrogen-bond donors (Lipinski definition) is 1. The number of rotatable bonds is 3. The monoisotopic (exact) mass is 429 g/mol. The van der Waals surface area contributed by atoms with E-state index in [1.165, 1.54) is 6.42 Å². The number of carbonyl (C=O) groups is 2. The van der Waals surface area contributed by atoms with Crippen molar-refractivity contribution in [2.45, 2.75) is 71.0 Å². The predicted molar refractivity (Wildman–Crippen MR) is 128 cm³/mol. The molecule has 1 aliphatic carbocycles. The molecule has 166 valence electrons. The molecule has 1 N–H and O–H groups in total. The zero-order valence-corrected chi connectivity index (χ0v) is 19.1. The van der Waals surface area contributed by atoms with E-state index in [2.05, 4.69) is 11.4 Å². The van der Waals surface area contributed by atoms with Crippen LogP contribution < -0.4 is 10.2 Å². The Balaban J connectivity index is 1.63. The molecule has 3 aromatic rings. The Labute approximate surface area is 189 Å². The highest BCUT2D eigenvalue weighted by molar-refractivity contribution is 6.14. The SMILES string of the molecule is Cc1cc(C)cc(N2C(=O)c3cc4ccccc4n3C[C@]2(C)C(=O)NC2CCCCC2)c1. The standard InChI is InChI=1S/C27H31N3O2/c1-18-13-19(2)15-22(14-18)30-25(31)24-16-20-9-7-8-12-23(20)29(24)17-27(30,3)26(32)28-21-10-5-4-6-11-21/h7-9,12-16,21H,4-6,10-11,17H2,1-3H3,(H,28,32)/t27-/m1/s1. The number of benzene rings is 2. The quantitative estimate of drug-likeness (QED) is 0.628. The van der Waals surface area contributed by atoms with E-state index in [1.54, 1.807) is 4.90 Å². The summed E-state index contributed by atoms with van der Waals surface area (Å²) in [7, 11) is 0. The molecule has 0 radical (unpaired) electrons. The number of nitrogens with zero attached hydrogens (tertiary/aromatic N) is 2. The van der Waals surface area contributed by atoms with Gasteiger partial charge in [0.25, 0.3) is 5.91 Å². The molecule has 0 bridgehead atoms. The van der Waals surface area contributed by atoms with Crippen molar-refractivity contribution in [3.63, 3.8) is 0 Å². The minimum Gasteiger partial charge on any atom is -0.351 e. The van der Waals surface area contributed by atoms with Crippen LogP contribution in [-0.2, 0) is 11.3 Å². The summed E-state index contributed by atoms with van der Waals surface area (Å²) in [6.07, 6.45) is 5.55. The summed E-state index contributed by atoms with van der Waals surface area (Å²) in [4.78, 5) is 29.5. The van der Waals surface area contributed by atoms with Crippen molar-refractivity contribution in [2.75, 3.05) is 4.90 Å². The van der Waals surface area contributed by atoms with Crippen LogP contribution in [0.1, 0.15) is 60.6 Å². The van der Waals surface area contributed by atoms with Gasteiger partial charge in [-0.1, -0.05) is 43.5 Å². The summed E-state index contributed by atoms with van der Waals surface area (Å²) in [5.74, 6) is -0.195. The Bertz CT molecular complexity index is 1180. The van der Waals surface area contributed by atoms with Gasteiger partial charge >= 0.3 is 0 Å². The van der Waals surface area contributed by atoms with Crippen LogP contribution in [0.4, 0.5) is 5.69 Å². The number of fused-ring (bicyclic) bond motifs is 3. The molecular formula is C27H31N3O2. The minimum absolute atomic E-state index is 0.0691. The van der Waals surface area contributed by atoms with Gasteiger partial charge in [0.2, 0.25) is 5.91 Å². The largest absolute Gasteiger partial charge is 0.351 e. The van der Waals surface area contributed by atoms with E-state index in [4.69, 9.17) is 0 Å². The maximum absolute atomic E-state index is 13.9. The number of aromatic nitrogens is 1. The van der Waals surface area contributed by atoms with Crippen LogP contribution in [0.5, 0.6) is 0 Å². The summed E-state index contributed by atoms with van der Waals surface area (Å²) in [5, 5.41) is 4.32. The predicted octanol–water partition coefficient (Wildman–Crippen LogP) is 5.13. The molecule has 0 unspecified atom stereocenters. The fraction of sp³-hybridized carbons (Fsp3) is 0.407. The van der Waals surface area contributed by atoms with E-state index in [0.717, 1.165) is 53.4 Å². The van der Waals surface area contributed by atoms with Crippen molar-refractivity contribution < 1.29 is 9.59 Å². The van der Waals surface area contributed by atoms with Crippen LogP contribution >= 0.6 is 0 Å². The highest BCUT2D eigenvalue weighted by Gasteiger charge is 2.49. The van der Waals surface area contributed by atoms with Gasteiger partial charge in [0.1, 0.15) is 11.2 Å². The second-order valence-corrected chi connectivity index (χ2v) is 9.74. The first kappa shape index (κ1) is 20.8. The third-order valence-corrected chi connectivity index (χ3v) is 7.09. The number of carbonyl (C=O) groups excluding carboxylic acids is 2. The summed E-state index contributed by atoms with van der Waals surface area (Å²) < 4.78 is 2.03. The lowest BCUT2D eigenvalue weighted by molar-refractivity contribution is -0.127. The first-order chi connectivity index (χ1) is 15.4. The molecule has 1 aromatic heterocycles. The van der Waals surface area contributed by atoms with E-state index in [0.29, 0.717) is 12.2 Å². The van der Waals surface area contributed by atoms with Crippen molar-refractivity contribution in [3.8, 4) is 0 Å². The maximum atomic E-state index is 13.9. The lowest BCUT2D eigenvalue weighted by Gasteiger charge is -2.45.